The maximum Gasteiger partial charge on any atom is 0.277 e. The van der Waals surface area contributed by atoms with Crippen molar-refractivity contribution in [3.05, 3.63) is 142 Å². The molecular weight excluding hydrogens is 708 g/mol. The molecule has 2 amide bonds. The van der Waals surface area contributed by atoms with Gasteiger partial charge in [-0.25, -0.2) is 0 Å². The van der Waals surface area contributed by atoms with Crippen molar-refractivity contribution in [2.45, 2.75) is 43.8 Å². The summed E-state index contributed by atoms with van der Waals surface area (Å²) in [5.41, 5.74) is 6.02. The summed E-state index contributed by atoms with van der Waals surface area (Å²) in [6.45, 7) is 0.655. The van der Waals surface area contributed by atoms with Crippen LogP contribution in [0.2, 0.25) is 0 Å². The third kappa shape index (κ3) is 5.58. The van der Waals surface area contributed by atoms with Crippen LogP contribution in [0.5, 0.6) is 0 Å². The summed E-state index contributed by atoms with van der Waals surface area (Å²) < 4.78 is 12.3. The first kappa shape index (κ1) is 31.3. The topological polar surface area (TPSA) is 118 Å². The number of fused-ring (bicyclic) bond motifs is 2. The molecule has 7 aromatic rings. The lowest BCUT2D eigenvalue weighted by Gasteiger charge is -2.31. The Morgan fingerprint density at radius 1 is 0.725 bits per heavy atom. The summed E-state index contributed by atoms with van der Waals surface area (Å²) in [6, 6.07) is 30.7. The summed E-state index contributed by atoms with van der Waals surface area (Å²) in [7, 11) is 0. The molecule has 0 spiro atoms. The number of carbonyl (C=O) groups is 2. The number of benzene rings is 4. The second kappa shape index (κ2) is 12.9. The van der Waals surface area contributed by atoms with Crippen molar-refractivity contribution in [2.24, 2.45) is 0 Å². The molecule has 2 fully saturated rings. The molecule has 10 nitrogen and oxygen atoms in total. The number of amides is 2. The van der Waals surface area contributed by atoms with Crippen molar-refractivity contribution in [3.63, 3.8) is 0 Å². The van der Waals surface area contributed by atoms with Gasteiger partial charge in [0.2, 0.25) is 0 Å². The molecule has 11 heteroatoms. The van der Waals surface area contributed by atoms with E-state index in [1.165, 1.54) is 0 Å². The zero-order valence-electron chi connectivity index (χ0n) is 27.4. The number of carbonyl (C=O) groups excluding carboxylic acids is 2. The Hall–Kier alpha value is -5.68. The van der Waals surface area contributed by atoms with Gasteiger partial charge < -0.3 is 18.8 Å². The minimum absolute atomic E-state index is 0.00629. The van der Waals surface area contributed by atoms with Crippen LogP contribution in [-0.2, 0) is 0 Å². The summed E-state index contributed by atoms with van der Waals surface area (Å²) in [4.78, 5) is 41.7. The zero-order chi connectivity index (χ0) is 34.5. The van der Waals surface area contributed by atoms with Gasteiger partial charge in [-0.2, -0.15) is 0 Å². The second-order valence-corrected chi connectivity index (χ2v) is 14.0. The van der Waals surface area contributed by atoms with Crippen molar-refractivity contribution >= 4 is 49.7 Å². The van der Waals surface area contributed by atoms with Crippen molar-refractivity contribution in [1.29, 1.82) is 0 Å². The third-order valence-electron chi connectivity index (χ3n) is 10.1. The molecule has 252 valence electrons. The predicted octanol–water partition coefficient (Wildman–Crippen LogP) is 8.88. The van der Waals surface area contributed by atoms with Crippen LogP contribution in [0, 0.1) is 0 Å². The lowest BCUT2D eigenvalue weighted by molar-refractivity contribution is 0.0655. The van der Waals surface area contributed by atoms with E-state index in [0.717, 1.165) is 40.4 Å². The molecule has 0 saturated carbocycles. The molecule has 5 heterocycles. The lowest BCUT2D eigenvalue weighted by Crippen LogP contribution is -2.33. The molecule has 2 saturated heterocycles. The van der Waals surface area contributed by atoms with E-state index in [-0.39, 0.29) is 41.3 Å². The average Bonchev–Trinajstić information content (AvgIpc) is 4.01. The molecule has 9 rings (SSSR count). The summed E-state index contributed by atoms with van der Waals surface area (Å²) in [6.07, 6.45) is 6.53. The Balaban J connectivity index is 1.11. The van der Waals surface area contributed by atoms with Crippen LogP contribution < -0.4 is 0 Å². The molecule has 0 N–H and O–H groups in total. The molecule has 2 aliphatic rings. The van der Waals surface area contributed by atoms with E-state index in [2.05, 4.69) is 55.5 Å². The summed E-state index contributed by atoms with van der Waals surface area (Å²) in [5.74, 6) is 0.0365. The van der Waals surface area contributed by atoms with Crippen LogP contribution in [0.15, 0.2) is 123 Å². The van der Waals surface area contributed by atoms with Gasteiger partial charge in [-0.05, 0) is 67.1 Å². The zero-order valence-corrected chi connectivity index (χ0v) is 28.9. The Bertz CT molecular complexity index is 2410. The molecule has 3 atom stereocenters. The van der Waals surface area contributed by atoms with Gasteiger partial charge in [0.1, 0.15) is 0 Å². The van der Waals surface area contributed by atoms with E-state index in [9.17, 15) is 9.59 Å². The number of likely N-dealkylation sites (tertiary alicyclic amines) is 2. The number of aromatic nitrogens is 4. The Morgan fingerprint density at radius 2 is 1.47 bits per heavy atom. The molecule has 2 aliphatic heterocycles. The molecule has 1 unspecified atom stereocenters. The average molecular weight is 740 g/mol. The minimum Gasteiger partial charge on any atom is -0.355 e. The monoisotopic (exact) mass is 738 g/mol. The van der Waals surface area contributed by atoms with E-state index in [0.29, 0.717) is 46.3 Å². The first-order valence-electron chi connectivity index (χ1n) is 17.0. The van der Waals surface area contributed by atoms with Crippen LogP contribution in [0.25, 0.3) is 33.3 Å². The number of halogens is 1. The first-order valence-corrected chi connectivity index (χ1v) is 17.8. The van der Waals surface area contributed by atoms with Crippen LogP contribution >= 0.6 is 15.9 Å². The van der Waals surface area contributed by atoms with Crippen LogP contribution in [0.4, 0.5) is 0 Å². The Labute approximate surface area is 301 Å². The van der Waals surface area contributed by atoms with Gasteiger partial charge in [0.15, 0.2) is 22.7 Å². The smallest absolute Gasteiger partial charge is 0.277 e. The van der Waals surface area contributed by atoms with Crippen LogP contribution in [-0.4, -0.2) is 48.4 Å². The maximum absolute atomic E-state index is 14.7. The van der Waals surface area contributed by atoms with Crippen molar-refractivity contribution in [3.8, 4) is 11.3 Å². The fourth-order valence-corrected chi connectivity index (χ4v) is 8.12. The summed E-state index contributed by atoms with van der Waals surface area (Å²) >= 11 is 3.48. The minimum atomic E-state index is -0.371. The highest BCUT2D eigenvalue weighted by molar-refractivity contribution is 9.10. The van der Waals surface area contributed by atoms with Gasteiger partial charge >= 0.3 is 0 Å². The molecule has 0 aliphatic carbocycles. The number of rotatable bonds is 6. The molecule has 0 radical (unpaired) electrons. The van der Waals surface area contributed by atoms with Crippen LogP contribution in [0.3, 0.4) is 0 Å². The third-order valence-corrected chi connectivity index (χ3v) is 10.6. The molecule has 51 heavy (non-hydrogen) atoms. The number of hydrogen-bond donors (Lipinski definition) is 0. The fraction of sp³-hybridized carbons (Fsp3) is 0.200. The SMILES string of the molecule is O=C(c1cc(-c2cc(C3CC[C@@H](c4ccccc4)N3C(=O)c3noc4cc(Br)ccc34)c3nccnc3c2)on1)N1CCC[C@H]1c1ccccc1. The van der Waals surface area contributed by atoms with Crippen molar-refractivity contribution < 1.29 is 18.6 Å². The normalized spacial score (nSPS) is 19.0. The van der Waals surface area contributed by atoms with E-state index in [1.54, 1.807) is 18.5 Å². The molecule has 4 aromatic carbocycles. The second-order valence-electron chi connectivity index (χ2n) is 13.0. The Morgan fingerprint density at radius 3 is 2.27 bits per heavy atom. The number of hydrogen-bond acceptors (Lipinski definition) is 8. The van der Waals surface area contributed by atoms with Gasteiger partial charge in [-0.3, -0.25) is 19.6 Å². The highest BCUT2D eigenvalue weighted by atomic mass is 79.9. The highest BCUT2D eigenvalue weighted by Crippen LogP contribution is 2.47. The van der Waals surface area contributed by atoms with E-state index in [4.69, 9.17) is 14.0 Å². The predicted molar refractivity (Wildman–Crippen MR) is 194 cm³/mol. The van der Waals surface area contributed by atoms with E-state index < -0.39 is 0 Å². The van der Waals surface area contributed by atoms with Gasteiger partial charge in [0.05, 0.1) is 34.5 Å². The van der Waals surface area contributed by atoms with E-state index >= 15 is 0 Å². The van der Waals surface area contributed by atoms with Crippen LogP contribution in [0.1, 0.15) is 81.5 Å². The standard InChI is InChI=1S/C40H31BrN6O4/c41-27-13-14-28-36(22-27)51-45-38(28)40(49)47-33(25-10-5-2-6-11-25)15-16-34(47)29-20-26(21-30-37(29)43-18-17-42-30)35-23-31(44-50-35)39(48)46-19-7-12-32(46)24-8-3-1-4-9-24/h1-6,8-11,13-14,17-18,20-23,32-34H,7,12,15-16,19H2/t32-,33-,34?/m0/s1. The van der Waals surface area contributed by atoms with Crippen molar-refractivity contribution in [2.75, 3.05) is 6.54 Å². The lowest BCUT2D eigenvalue weighted by atomic mass is 9.98. The highest BCUT2D eigenvalue weighted by Gasteiger charge is 2.42. The molecule has 3 aromatic heterocycles. The molecular formula is C40H31BrN6O4. The van der Waals surface area contributed by atoms with Gasteiger partial charge in [0.25, 0.3) is 11.8 Å². The van der Waals surface area contributed by atoms with Gasteiger partial charge in [0, 0.05) is 40.6 Å². The first-order chi connectivity index (χ1) is 25.0. The van der Waals surface area contributed by atoms with Gasteiger partial charge in [-0.1, -0.05) is 86.9 Å². The quantitative estimate of drug-likeness (QED) is 0.166. The summed E-state index contributed by atoms with van der Waals surface area (Å²) in [5, 5.41) is 9.16. The number of nitrogens with zero attached hydrogens (tertiary/aromatic N) is 6. The van der Waals surface area contributed by atoms with E-state index in [1.807, 2.05) is 76.5 Å². The van der Waals surface area contributed by atoms with Crippen molar-refractivity contribution in [1.82, 2.24) is 30.1 Å². The molecule has 0 bridgehead atoms. The Kier molecular flexibility index (Phi) is 7.92. The van der Waals surface area contributed by atoms with Gasteiger partial charge in [-0.15, -0.1) is 0 Å². The largest absolute Gasteiger partial charge is 0.355 e. The fourth-order valence-electron chi connectivity index (χ4n) is 7.78. The maximum atomic E-state index is 14.7.